The first-order valence-corrected chi connectivity index (χ1v) is 11.7. The van der Waals surface area contributed by atoms with Crippen LogP contribution in [0.2, 0.25) is 0 Å². The first-order valence-electron chi connectivity index (χ1n) is 10.7. The first kappa shape index (κ1) is 21.2. The van der Waals surface area contributed by atoms with Gasteiger partial charge in [0.2, 0.25) is 5.89 Å². The molecule has 164 valence electrons. The fraction of sp³-hybridized carbons (Fsp3) is 0.154. The van der Waals surface area contributed by atoms with E-state index in [9.17, 15) is 0 Å². The van der Waals surface area contributed by atoms with Crippen molar-refractivity contribution in [1.29, 1.82) is 0 Å². The Bertz CT molecular complexity index is 1410. The molecule has 0 bridgehead atoms. The smallest absolute Gasteiger partial charge is 0.226 e. The molecule has 0 aliphatic carbocycles. The maximum absolute atomic E-state index is 5.79. The van der Waals surface area contributed by atoms with Crippen LogP contribution in [0.15, 0.2) is 82.8 Å². The van der Waals surface area contributed by atoms with Crippen molar-refractivity contribution in [3.05, 3.63) is 95.6 Å². The number of para-hydroxylation sites is 1. The summed E-state index contributed by atoms with van der Waals surface area (Å²) in [6, 6.07) is 18.4. The maximum atomic E-state index is 5.79. The zero-order valence-corrected chi connectivity index (χ0v) is 19.5. The highest BCUT2D eigenvalue weighted by atomic mass is 32.2. The Balaban J connectivity index is 1.46. The number of hydrogen-bond acceptors (Lipinski definition) is 6. The predicted molar refractivity (Wildman–Crippen MR) is 130 cm³/mol. The number of thioether (sulfide) groups is 1. The number of oxazole rings is 1. The van der Waals surface area contributed by atoms with Crippen molar-refractivity contribution in [2.75, 3.05) is 0 Å². The molecule has 0 radical (unpaired) electrons. The third-order valence-corrected chi connectivity index (χ3v) is 6.39. The second-order valence-electron chi connectivity index (χ2n) is 7.92. The van der Waals surface area contributed by atoms with E-state index in [0.29, 0.717) is 11.6 Å². The molecular formula is C26H23N5OS. The molecule has 0 spiro atoms. The molecule has 0 aliphatic rings. The van der Waals surface area contributed by atoms with Gasteiger partial charge in [0, 0.05) is 29.3 Å². The lowest BCUT2D eigenvalue weighted by molar-refractivity contribution is 0.573. The van der Waals surface area contributed by atoms with Crippen molar-refractivity contribution >= 4 is 11.8 Å². The van der Waals surface area contributed by atoms with Gasteiger partial charge in [-0.15, -0.1) is 10.2 Å². The Morgan fingerprint density at radius 1 is 0.939 bits per heavy atom. The summed E-state index contributed by atoms with van der Waals surface area (Å²) in [6.07, 6.45) is 5.28. The zero-order chi connectivity index (χ0) is 22.8. The lowest BCUT2D eigenvalue weighted by Crippen LogP contribution is -2.02. The van der Waals surface area contributed by atoms with Gasteiger partial charge in [-0.05, 0) is 56.2 Å². The van der Waals surface area contributed by atoms with Crippen LogP contribution in [0.5, 0.6) is 0 Å². The van der Waals surface area contributed by atoms with Crippen LogP contribution in [-0.4, -0.2) is 24.7 Å². The second-order valence-corrected chi connectivity index (χ2v) is 8.86. The molecule has 2 aromatic carbocycles. The number of pyridine rings is 1. The van der Waals surface area contributed by atoms with Gasteiger partial charge in [-0.3, -0.25) is 9.55 Å². The Morgan fingerprint density at radius 2 is 1.82 bits per heavy atom. The van der Waals surface area contributed by atoms with E-state index in [-0.39, 0.29) is 0 Å². The fourth-order valence-corrected chi connectivity index (χ4v) is 4.59. The number of aromatic nitrogens is 5. The summed E-state index contributed by atoms with van der Waals surface area (Å²) in [5.41, 5.74) is 7.34. The second kappa shape index (κ2) is 9.03. The largest absolute Gasteiger partial charge is 0.444 e. The number of hydrogen-bond donors (Lipinski definition) is 0. The minimum Gasteiger partial charge on any atom is -0.444 e. The first-order chi connectivity index (χ1) is 16.1. The highest BCUT2D eigenvalue weighted by Crippen LogP contribution is 2.31. The third kappa shape index (κ3) is 4.32. The normalized spacial score (nSPS) is 11.1. The molecule has 7 heteroatoms. The van der Waals surface area contributed by atoms with Crippen molar-refractivity contribution < 1.29 is 4.42 Å². The average Bonchev–Trinajstić information content (AvgIpc) is 3.46. The fourth-order valence-electron chi connectivity index (χ4n) is 3.77. The molecule has 0 aliphatic heterocycles. The summed E-state index contributed by atoms with van der Waals surface area (Å²) < 4.78 is 7.88. The number of aryl methyl sites for hydroxylation is 3. The SMILES string of the molecule is Cc1ccc(-c2nc(CSc3nnc(-c4cccnc4)n3-c3ccccc3C)co2)c(C)c1. The van der Waals surface area contributed by atoms with E-state index in [1.54, 1.807) is 30.4 Å². The molecular weight excluding hydrogens is 430 g/mol. The molecule has 0 saturated carbocycles. The van der Waals surface area contributed by atoms with Crippen LogP contribution >= 0.6 is 11.8 Å². The highest BCUT2D eigenvalue weighted by Gasteiger charge is 2.18. The van der Waals surface area contributed by atoms with Crippen molar-refractivity contribution in [1.82, 2.24) is 24.7 Å². The average molecular weight is 454 g/mol. The number of benzene rings is 2. The molecule has 0 saturated heterocycles. The lowest BCUT2D eigenvalue weighted by Gasteiger charge is -2.12. The van der Waals surface area contributed by atoms with Crippen LogP contribution in [0.3, 0.4) is 0 Å². The van der Waals surface area contributed by atoms with Crippen molar-refractivity contribution in [2.24, 2.45) is 0 Å². The molecule has 0 N–H and O–H groups in total. The van der Waals surface area contributed by atoms with Gasteiger partial charge < -0.3 is 4.42 Å². The molecule has 5 aromatic rings. The number of nitrogens with zero attached hydrogens (tertiary/aromatic N) is 5. The van der Waals surface area contributed by atoms with Gasteiger partial charge in [0.15, 0.2) is 11.0 Å². The Hall–Kier alpha value is -3.71. The van der Waals surface area contributed by atoms with E-state index in [4.69, 9.17) is 9.40 Å². The van der Waals surface area contributed by atoms with E-state index in [0.717, 1.165) is 44.6 Å². The summed E-state index contributed by atoms with van der Waals surface area (Å²) >= 11 is 1.58. The number of rotatable bonds is 6. The summed E-state index contributed by atoms with van der Waals surface area (Å²) in [4.78, 5) is 8.97. The van der Waals surface area contributed by atoms with Crippen LogP contribution in [0.25, 0.3) is 28.5 Å². The minimum atomic E-state index is 0.617. The van der Waals surface area contributed by atoms with Crippen LogP contribution < -0.4 is 0 Å². The van der Waals surface area contributed by atoms with E-state index in [2.05, 4.69) is 70.9 Å². The molecule has 0 atom stereocenters. The molecule has 0 unspecified atom stereocenters. The molecule has 3 aromatic heterocycles. The Morgan fingerprint density at radius 3 is 2.61 bits per heavy atom. The van der Waals surface area contributed by atoms with Gasteiger partial charge in [-0.1, -0.05) is 47.7 Å². The van der Waals surface area contributed by atoms with Gasteiger partial charge in [0.05, 0.1) is 11.4 Å². The van der Waals surface area contributed by atoms with E-state index in [1.807, 2.05) is 24.3 Å². The van der Waals surface area contributed by atoms with Crippen molar-refractivity contribution in [3.8, 4) is 28.5 Å². The molecule has 0 fully saturated rings. The van der Waals surface area contributed by atoms with Gasteiger partial charge in [-0.2, -0.15) is 0 Å². The topological polar surface area (TPSA) is 69.6 Å². The van der Waals surface area contributed by atoms with Gasteiger partial charge in [-0.25, -0.2) is 4.98 Å². The quantitative estimate of drug-likeness (QED) is 0.285. The zero-order valence-electron chi connectivity index (χ0n) is 18.7. The standard InChI is InChI=1S/C26H23N5OS/c1-17-10-11-22(19(3)13-17)25-28-21(15-32-25)16-33-26-30-29-24(20-8-6-12-27-14-20)31(26)23-9-5-4-7-18(23)2/h4-15H,16H2,1-3H3. The minimum absolute atomic E-state index is 0.617. The summed E-state index contributed by atoms with van der Waals surface area (Å²) in [5, 5.41) is 9.79. The van der Waals surface area contributed by atoms with Gasteiger partial charge in [0.25, 0.3) is 0 Å². The molecule has 3 heterocycles. The van der Waals surface area contributed by atoms with Gasteiger partial charge in [0.1, 0.15) is 6.26 Å². The van der Waals surface area contributed by atoms with Crippen LogP contribution in [0.1, 0.15) is 22.4 Å². The Kier molecular flexibility index (Phi) is 5.79. The Labute approximate surface area is 196 Å². The van der Waals surface area contributed by atoms with Crippen molar-refractivity contribution in [3.63, 3.8) is 0 Å². The summed E-state index contributed by atoms with van der Waals surface area (Å²) in [7, 11) is 0. The molecule has 6 nitrogen and oxygen atoms in total. The van der Waals surface area contributed by atoms with Gasteiger partial charge >= 0.3 is 0 Å². The monoisotopic (exact) mass is 453 g/mol. The molecule has 5 rings (SSSR count). The van der Waals surface area contributed by atoms with Crippen molar-refractivity contribution in [2.45, 2.75) is 31.7 Å². The van der Waals surface area contributed by atoms with Crippen LogP contribution in [0, 0.1) is 20.8 Å². The van der Waals surface area contributed by atoms with E-state index >= 15 is 0 Å². The summed E-state index contributed by atoms with van der Waals surface area (Å²) in [6.45, 7) is 6.25. The maximum Gasteiger partial charge on any atom is 0.226 e. The molecule has 0 amide bonds. The highest BCUT2D eigenvalue weighted by molar-refractivity contribution is 7.98. The van der Waals surface area contributed by atoms with Crippen LogP contribution in [0.4, 0.5) is 0 Å². The molecule has 33 heavy (non-hydrogen) atoms. The third-order valence-electron chi connectivity index (χ3n) is 5.42. The van der Waals surface area contributed by atoms with E-state index < -0.39 is 0 Å². The summed E-state index contributed by atoms with van der Waals surface area (Å²) in [5.74, 6) is 2.02. The van der Waals surface area contributed by atoms with E-state index in [1.165, 1.54) is 5.56 Å². The van der Waals surface area contributed by atoms with Crippen LogP contribution in [-0.2, 0) is 5.75 Å². The predicted octanol–water partition coefficient (Wildman–Crippen LogP) is 6.20. The lowest BCUT2D eigenvalue weighted by atomic mass is 10.1.